The van der Waals surface area contributed by atoms with Gasteiger partial charge in [-0.3, -0.25) is 4.79 Å². The molecule has 0 aliphatic heterocycles. The molecule has 112 valence electrons. The fraction of sp³-hybridized carbons (Fsp3) is 0.364. The number of amides is 1. The van der Waals surface area contributed by atoms with E-state index in [4.69, 9.17) is 5.14 Å². The molecule has 20 heavy (non-hydrogen) atoms. The van der Waals surface area contributed by atoms with Gasteiger partial charge in [0.15, 0.2) is 0 Å². The monoisotopic (exact) mass is 310 g/mol. The molecule has 0 heterocycles. The minimum Gasteiger partial charge on any atom is -0.343 e. The van der Waals surface area contributed by atoms with Crippen LogP contribution in [0.15, 0.2) is 17.0 Å². The van der Waals surface area contributed by atoms with Crippen molar-refractivity contribution in [1.82, 2.24) is 5.32 Å². The van der Waals surface area contributed by atoms with Crippen LogP contribution in [0.3, 0.4) is 0 Å². The predicted molar refractivity (Wildman–Crippen MR) is 65.7 cm³/mol. The summed E-state index contributed by atoms with van der Waals surface area (Å²) in [6.45, 7) is 1.47. The van der Waals surface area contributed by atoms with Gasteiger partial charge in [-0.15, -0.1) is 0 Å². The molecule has 5 nitrogen and oxygen atoms in total. The van der Waals surface area contributed by atoms with E-state index in [9.17, 15) is 26.4 Å². The highest BCUT2D eigenvalue weighted by molar-refractivity contribution is 7.89. The molecule has 1 aromatic rings. The zero-order valence-electron chi connectivity index (χ0n) is 10.7. The molecular formula is C11H13F3N2O3S. The van der Waals surface area contributed by atoms with E-state index in [-0.39, 0.29) is 10.5 Å². The second kappa shape index (κ2) is 5.41. The van der Waals surface area contributed by atoms with Gasteiger partial charge in [0, 0.05) is 5.56 Å². The third-order valence-corrected chi connectivity index (χ3v) is 3.58. The zero-order chi connectivity index (χ0) is 15.7. The summed E-state index contributed by atoms with van der Waals surface area (Å²) in [5.41, 5.74) is 0.510. The van der Waals surface area contributed by atoms with Crippen LogP contribution in [0.4, 0.5) is 13.2 Å². The molecule has 0 saturated heterocycles. The standard InChI is InChI=1S/C11H13F3N2O3S/c1-6-3-7(2)9(20(15,18)19)4-8(6)10(17)16-5-11(12,13)14/h3-4H,5H2,1-2H3,(H,16,17)(H2,15,18,19). The van der Waals surface area contributed by atoms with E-state index in [2.05, 4.69) is 0 Å². The molecule has 0 radical (unpaired) electrons. The van der Waals surface area contributed by atoms with Gasteiger partial charge in [0.2, 0.25) is 10.0 Å². The number of carbonyl (C=O) groups excluding carboxylic acids is 1. The van der Waals surface area contributed by atoms with Crippen LogP contribution in [-0.4, -0.2) is 27.0 Å². The van der Waals surface area contributed by atoms with Crippen LogP contribution >= 0.6 is 0 Å². The Labute approximate surface area is 114 Å². The minimum atomic E-state index is -4.54. The average molecular weight is 310 g/mol. The molecule has 0 spiro atoms. The van der Waals surface area contributed by atoms with Crippen LogP contribution in [0.2, 0.25) is 0 Å². The minimum absolute atomic E-state index is 0.163. The Bertz CT molecular complexity index is 639. The molecule has 0 saturated carbocycles. The van der Waals surface area contributed by atoms with Gasteiger partial charge in [0.25, 0.3) is 5.91 Å². The van der Waals surface area contributed by atoms with Gasteiger partial charge < -0.3 is 5.32 Å². The second-order valence-electron chi connectivity index (χ2n) is 4.28. The number of alkyl halides is 3. The van der Waals surface area contributed by atoms with E-state index in [0.717, 1.165) is 6.07 Å². The third kappa shape index (κ3) is 4.20. The molecule has 0 aliphatic carbocycles. The van der Waals surface area contributed by atoms with Crippen LogP contribution in [0.5, 0.6) is 0 Å². The van der Waals surface area contributed by atoms with Gasteiger partial charge >= 0.3 is 6.18 Å². The Morgan fingerprint density at radius 2 is 1.80 bits per heavy atom. The molecule has 0 aliphatic rings. The summed E-state index contributed by atoms with van der Waals surface area (Å²) in [4.78, 5) is 11.4. The van der Waals surface area contributed by atoms with E-state index >= 15 is 0 Å². The summed E-state index contributed by atoms with van der Waals surface area (Å²) >= 11 is 0. The Morgan fingerprint density at radius 3 is 2.25 bits per heavy atom. The Kier molecular flexibility index (Phi) is 4.45. The molecule has 0 bridgehead atoms. The van der Waals surface area contributed by atoms with Crippen LogP contribution < -0.4 is 10.5 Å². The first kappa shape index (κ1) is 16.4. The Balaban J connectivity index is 3.16. The lowest BCUT2D eigenvalue weighted by molar-refractivity contribution is -0.123. The maximum Gasteiger partial charge on any atom is 0.405 e. The highest BCUT2D eigenvalue weighted by atomic mass is 32.2. The van der Waals surface area contributed by atoms with Gasteiger partial charge in [0.05, 0.1) is 4.90 Å². The lowest BCUT2D eigenvalue weighted by Gasteiger charge is -2.12. The number of hydrogen-bond donors (Lipinski definition) is 2. The summed E-state index contributed by atoms with van der Waals surface area (Å²) in [5.74, 6) is -1.01. The molecular weight excluding hydrogens is 297 g/mol. The van der Waals surface area contributed by atoms with Gasteiger partial charge in [-0.25, -0.2) is 13.6 Å². The Hall–Kier alpha value is -1.61. The number of aryl methyl sites for hydroxylation is 2. The Morgan fingerprint density at radius 1 is 1.25 bits per heavy atom. The second-order valence-corrected chi connectivity index (χ2v) is 5.81. The normalized spacial score (nSPS) is 12.3. The van der Waals surface area contributed by atoms with Crippen molar-refractivity contribution in [2.45, 2.75) is 24.9 Å². The molecule has 1 amide bonds. The molecule has 0 fully saturated rings. The van der Waals surface area contributed by atoms with Crippen molar-refractivity contribution in [3.05, 3.63) is 28.8 Å². The number of carbonyl (C=O) groups is 1. The number of primary sulfonamides is 1. The van der Waals surface area contributed by atoms with Crippen molar-refractivity contribution < 1.29 is 26.4 Å². The predicted octanol–water partition coefficient (Wildman–Crippen LogP) is 1.24. The van der Waals surface area contributed by atoms with Gasteiger partial charge in [-0.1, -0.05) is 6.07 Å². The maximum absolute atomic E-state index is 12.0. The van der Waals surface area contributed by atoms with Crippen molar-refractivity contribution >= 4 is 15.9 Å². The topological polar surface area (TPSA) is 89.3 Å². The first-order valence-corrected chi connectivity index (χ1v) is 6.95. The number of rotatable bonds is 3. The van der Waals surface area contributed by atoms with Crippen LogP contribution in [0, 0.1) is 13.8 Å². The highest BCUT2D eigenvalue weighted by Crippen LogP contribution is 2.20. The molecule has 3 N–H and O–H groups in total. The molecule has 1 rings (SSSR count). The quantitative estimate of drug-likeness (QED) is 0.880. The molecule has 0 unspecified atom stereocenters. The van der Waals surface area contributed by atoms with Crippen molar-refractivity contribution in [2.75, 3.05) is 6.54 Å². The van der Waals surface area contributed by atoms with Crippen molar-refractivity contribution in [3.8, 4) is 0 Å². The van der Waals surface area contributed by atoms with Crippen LogP contribution in [0.1, 0.15) is 21.5 Å². The van der Waals surface area contributed by atoms with Crippen molar-refractivity contribution in [3.63, 3.8) is 0 Å². The summed E-state index contributed by atoms with van der Waals surface area (Å²) in [6.07, 6.45) is -4.54. The fourth-order valence-corrected chi connectivity index (χ4v) is 2.45. The SMILES string of the molecule is Cc1cc(C)c(S(N)(=O)=O)cc1C(=O)NCC(F)(F)F. The lowest BCUT2D eigenvalue weighted by atomic mass is 10.1. The molecule has 9 heteroatoms. The van der Waals surface area contributed by atoms with Gasteiger partial charge in [0.1, 0.15) is 6.54 Å². The van der Waals surface area contributed by atoms with Gasteiger partial charge in [-0.2, -0.15) is 13.2 Å². The number of benzene rings is 1. The maximum atomic E-state index is 12.0. The summed E-state index contributed by atoms with van der Waals surface area (Å²) in [7, 11) is -4.05. The molecule has 0 atom stereocenters. The number of halogens is 3. The number of sulfonamides is 1. The van der Waals surface area contributed by atoms with Crippen molar-refractivity contribution in [2.24, 2.45) is 5.14 Å². The lowest BCUT2D eigenvalue weighted by Crippen LogP contribution is -2.34. The van der Waals surface area contributed by atoms with Crippen molar-refractivity contribution in [1.29, 1.82) is 0 Å². The summed E-state index contributed by atoms with van der Waals surface area (Å²) in [5, 5.41) is 6.66. The first-order chi connectivity index (χ1) is 8.92. The fourth-order valence-electron chi connectivity index (χ4n) is 1.66. The smallest absolute Gasteiger partial charge is 0.343 e. The third-order valence-electron chi connectivity index (χ3n) is 2.52. The summed E-state index contributed by atoms with van der Waals surface area (Å²) < 4.78 is 58.7. The molecule has 1 aromatic carbocycles. The van der Waals surface area contributed by atoms with Crippen LogP contribution in [-0.2, 0) is 10.0 Å². The summed E-state index contributed by atoms with van der Waals surface area (Å²) in [6, 6.07) is 2.36. The van der Waals surface area contributed by atoms with Gasteiger partial charge in [-0.05, 0) is 31.0 Å². The van der Waals surface area contributed by atoms with E-state index in [1.165, 1.54) is 19.9 Å². The van der Waals surface area contributed by atoms with E-state index in [1.807, 2.05) is 0 Å². The number of nitrogens with one attached hydrogen (secondary N) is 1. The first-order valence-electron chi connectivity index (χ1n) is 5.41. The van der Waals surface area contributed by atoms with E-state index in [0.29, 0.717) is 11.1 Å². The zero-order valence-corrected chi connectivity index (χ0v) is 11.5. The average Bonchev–Trinajstić information content (AvgIpc) is 2.23. The van der Waals surface area contributed by atoms with Crippen LogP contribution in [0.25, 0.3) is 0 Å². The number of hydrogen-bond acceptors (Lipinski definition) is 3. The molecule has 0 aromatic heterocycles. The highest BCUT2D eigenvalue weighted by Gasteiger charge is 2.28. The largest absolute Gasteiger partial charge is 0.405 e. The van der Waals surface area contributed by atoms with E-state index in [1.54, 1.807) is 5.32 Å². The van der Waals surface area contributed by atoms with E-state index < -0.39 is 28.7 Å². The number of nitrogens with two attached hydrogens (primary N) is 1.